The molecule has 1 aliphatic heterocycles. The van der Waals surface area contributed by atoms with E-state index in [-0.39, 0.29) is 0 Å². The van der Waals surface area contributed by atoms with Gasteiger partial charge >= 0.3 is 5.95 Å². The van der Waals surface area contributed by atoms with Gasteiger partial charge in [-0.1, -0.05) is 18.2 Å². The van der Waals surface area contributed by atoms with E-state index in [1.807, 2.05) is 24.3 Å². The number of ether oxygens (including phenoxy) is 1. The molecule has 0 aromatic heterocycles. The molecule has 2 rings (SSSR count). The third-order valence-electron chi connectivity index (χ3n) is 1.75. The van der Waals surface area contributed by atoms with Gasteiger partial charge < -0.3 is 9.03 Å². The van der Waals surface area contributed by atoms with Crippen LogP contribution in [0, 0.1) is 0 Å². The van der Waals surface area contributed by atoms with E-state index in [4.69, 9.17) is 16.6 Å². The lowest BCUT2D eigenvalue weighted by Gasteiger charge is -2.14. The molecule has 0 fully saturated rings. The Kier molecular flexibility index (Phi) is 1.92. The van der Waals surface area contributed by atoms with Crippen LogP contribution in [0.3, 0.4) is 0 Å². The molecule has 1 aromatic rings. The monoisotopic (exact) mass is 182 g/mol. The zero-order valence-electron chi connectivity index (χ0n) is 6.29. The van der Waals surface area contributed by atoms with Crippen LogP contribution in [0.1, 0.15) is 5.56 Å². The lowest BCUT2D eigenvalue weighted by Crippen LogP contribution is -2.03. The van der Waals surface area contributed by atoms with Crippen LogP contribution in [0.15, 0.2) is 36.3 Å². The largest absolute Gasteiger partial charge is 0.425 e. The highest BCUT2D eigenvalue weighted by molar-refractivity contribution is 6.08. The van der Waals surface area contributed by atoms with Crippen molar-refractivity contribution >= 4 is 11.9 Å². The SMILES string of the molecule is ClOC1=CCc2ccccc2O1. The Hall–Kier alpha value is -1.15. The van der Waals surface area contributed by atoms with E-state index in [0.29, 0.717) is 5.95 Å². The maximum absolute atomic E-state index is 5.29. The van der Waals surface area contributed by atoms with Crippen LogP contribution in [-0.2, 0) is 10.7 Å². The third kappa shape index (κ3) is 1.25. The number of allylic oxidation sites excluding steroid dienone is 1. The highest BCUT2D eigenvalue weighted by Gasteiger charge is 2.11. The van der Waals surface area contributed by atoms with Crippen molar-refractivity contribution in [3.05, 3.63) is 41.9 Å². The molecule has 1 heterocycles. The van der Waals surface area contributed by atoms with Gasteiger partial charge in [-0.25, -0.2) is 0 Å². The number of benzene rings is 1. The Labute approximate surface area is 75.5 Å². The average Bonchev–Trinajstić information content (AvgIpc) is 2.17. The molecule has 2 nitrogen and oxygen atoms in total. The molecule has 12 heavy (non-hydrogen) atoms. The number of hydrogen-bond acceptors (Lipinski definition) is 2. The number of halogens is 1. The fraction of sp³-hybridized carbons (Fsp3) is 0.111. The first-order valence-electron chi connectivity index (χ1n) is 3.64. The van der Waals surface area contributed by atoms with Gasteiger partial charge in [-0.05, 0) is 11.6 Å². The molecule has 62 valence electrons. The average molecular weight is 183 g/mol. The van der Waals surface area contributed by atoms with Gasteiger partial charge in [0, 0.05) is 12.5 Å². The number of rotatable bonds is 1. The summed E-state index contributed by atoms with van der Waals surface area (Å²) in [6, 6.07) is 7.79. The molecule has 0 atom stereocenters. The van der Waals surface area contributed by atoms with Gasteiger partial charge in [-0.2, -0.15) is 0 Å². The molecule has 3 heteroatoms. The Balaban J connectivity index is 2.31. The quantitative estimate of drug-likeness (QED) is 0.665. The van der Waals surface area contributed by atoms with Gasteiger partial charge in [0.15, 0.2) is 0 Å². The number of hydrogen-bond donors (Lipinski definition) is 0. The minimum absolute atomic E-state index is 0.357. The predicted molar refractivity (Wildman–Crippen MR) is 45.8 cm³/mol. The van der Waals surface area contributed by atoms with E-state index < -0.39 is 0 Å². The molecule has 1 aromatic carbocycles. The first-order valence-corrected chi connectivity index (χ1v) is 3.95. The summed E-state index contributed by atoms with van der Waals surface area (Å²) in [5, 5.41) is 0. The minimum Gasteiger partial charge on any atom is -0.425 e. The van der Waals surface area contributed by atoms with Crippen molar-refractivity contribution in [3.63, 3.8) is 0 Å². The zero-order valence-corrected chi connectivity index (χ0v) is 7.04. The van der Waals surface area contributed by atoms with Crippen LogP contribution in [0.2, 0.25) is 0 Å². The minimum atomic E-state index is 0.357. The van der Waals surface area contributed by atoms with E-state index in [1.54, 1.807) is 6.08 Å². The summed E-state index contributed by atoms with van der Waals surface area (Å²) in [5.74, 6) is 1.17. The van der Waals surface area contributed by atoms with E-state index >= 15 is 0 Å². The zero-order chi connectivity index (χ0) is 8.39. The molecule has 1 aliphatic rings. The van der Waals surface area contributed by atoms with Crippen LogP contribution in [0.25, 0.3) is 0 Å². The summed E-state index contributed by atoms with van der Waals surface area (Å²) in [7, 11) is 0. The van der Waals surface area contributed by atoms with Crippen LogP contribution in [0.5, 0.6) is 5.75 Å². The number of fused-ring (bicyclic) bond motifs is 1. The molecule has 0 saturated heterocycles. The summed E-state index contributed by atoms with van der Waals surface area (Å²) in [4.78, 5) is 0. The fourth-order valence-electron chi connectivity index (χ4n) is 1.16. The molecule has 0 bridgehead atoms. The Morgan fingerprint density at radius 2 is 2.17 bits per heavy atom. The topological polar surface area (TPSA) is 18.5 Å². The highest BCUT2D eigenvalue weighted by atomic mass is 35.5. The third-order valence-corrected chi connectivity index (χ3v) is 1.90. The van der Waals surface area contributed by atoms with Crippen LogP contribution < -0.4 is 4.74 Å². The molecule has 0 saturated carbocycles. The van der Waals surface area contributed by atoms with E-state index in [0.717, 1.165) is 17.7 Å². The second-order valence-corrected chi connectivity index (χ2v) is 2.67. The van der Waals surface area contributed by atoms with E-state index in [1.165, 1.54) is 0 Å². The fourth-order valence-corrected chi connectivity index (χ4v) is 1.26. The molecule has 0 amide bonds. The molecule has 0 unspecified atom stereocenters. The van der Waals surface area contributed by atoms with Crippen molar-refractivity contribution in [1.29, 1.82) is 0 Å². The Morgan fingerprint density at radius 1 is 1.33 bits per heavy atom. The molecule has 0 aliphatic carbocycles. The maximum Gasteiger partial charge on any atom is 0.301 e. The number of para-hydroxylation sites is 1. The van der Waals surface area contributed by atoms with Gasteiger partial charge in [0.1, 0.15) is 17.6 Å². The van der Waals surface area contributed by atoms with Crippen LogP contribution >= 0.6 is 11.9 Å². The molecule has 0 spiro atoms. The maximum atomic E-state index is 5.29. The second kappa shape index (κ2) is 3.07. The second-order valence-electron chi connectivity index (χ2n) is 2.51. The van der Waals surface area contributed by atoms with Crippen molar-refractivity contribution in [2.75, 3.05) is 0 Å². The summed E-state index contributed by atoms with van der Waals surface area (Å²) >= 11 is 5.15. The van der Waals surface area contributed by atoms with Gasteiger partial charge in [0.2, 0.25) is 0 Å². The van der Waals surface area contributed by atoms with Crippen LogP contribution in [-0.4, -0.2) is 0 Å². The smallest absolute Gasteiger partial charge is 0.301 e. The molecular weight excluding hydrogens is 176 g/mol. The lowest BCUT2D eigenvalue weighted by atomic mass is 10.1. The van der Waals surface area contributed by atoms with Crippen molar-refractivity contribution in [2.24, 2.45) is 0 Å². The summed E-state index contributed by atoms with van der Waals surface area (Å²) in [5.41, 5.74) is 1.15. The van der Waals surface area contributed by atoms with Crippen molar-refractivity contribution < 1.29 is 9.03 Å². The first-order chi connectivity index (χ1) is 5.90. The normalized spacial score (nSPS) is 14.2. The van der Waals surface area contributed by atoms with E-state index in [9.17, 15) is 0 Å². The van der Waals surface area contributed by atoms with Gasteiger partial charge in [0.05, 0.1) is 0 Å². The van der Waals surface area contributed by atoms with Gasteiger partial charge in [-0.3, -0.25) is 0 Å². The lowest BCUT2D eigenvalue weighted by molar-refractivity contribution is 0.232. The standard InChI is InChI=1S/C9H7ClO2/c10-12-9-6-5-7-3-1-2-4-8(7)11-9/h1-4,6H,5H2. The molecular formula is C9H7ClO2. The van der Waals surface area contributed by atoms with Gasteiger partial charge in [0.25, 0.3) is 0 Å². The van der Waals surface area contributed by atoms with Crippen molar-refractivity contribution in [3.8, 4) is 5.75 Å². The first kappa shape index (κ1) is 7.50. The summed E-state index contributed by atoms with van der Waals surface area (Å²) in [6.07, 6.45) is 2.60. The summed E-state index contributed by atoms with van der Waals surface area (Å²) in [6.45, 7) is 0. The van der Waals surface area contributed by atoms with Crippen molar-refractivity contribution in [1.82, 2.24) is 0 Å². The van der Waals surface area contributed by atoms with E-state index in [2.05, 4.69) is 4.29 Å². The van der Waals surface area contributed by atoms with Crippen molar-refractivity contribution in [2.45, 2.75) is 6.42 Å². The van der Waals surface area contributed by atoms with Crippen LogP contribution in [0.4, 0.5) is 0 Å². The summed E-state index contributed by atoms with van der Waals surface area (Å²) < 4.78 is 9.75. The molecule has 0 radical (unpaired) electrons. The Morgan fingerprint density at radius 3 is 3.00 bits per heavy atom. The highest BCUT2D eigenvalue weighted by Crippen LogP contribution is 2.26. The van der Waals surface area contributed by atoms with Gasteiger partial charge in [-0.15, -0.1) is 0 Å². The Bertz CT molecular complexity index is 320. The predicted octanol–water partition coefficient (Wildman–Crippen LogP) is 2.63. The molecule has 0 N–H and O–H groups in total.